The Balaban J connectivity index is 1.49. The molecule has 2 amide bonds. The molecule has 0 aliphatic heterocycles. The highest BCUT2D eigenvalue weighted by Gasteiger charge is 2.26. The molecule has 1 aliphatic carbocycles. The van der Waals surface area contributed by atoms with Gasteiger partial charge in [0.05, 0.1) is 6.04 Å². The van der Waals surface area contributed by atoms with Gasteiger partial charge < -0.3 is 20.4 Å². The largest absolute Gasteiger partial charge is 0.446 e. The van der Waals surface area contributed by atoms with Crippen LogP contribution >= 0.6 is 0 Å². The van der Waals surface area contributed by atoms with Crippen LogP contribution in [0.15, 0.2) is 71.8 Å². The fourth-order valence-corrected chi connectivity index (χ4v) is 5.38. The number of nitrogens with one attached hydrogen (secondary N) is 1. The Kier molecular flexibility index (Phi) is 7.20. The first-order valence-electron chi connectivity index (χ1n) is 12.8. The molecule has 1 atom stereocenters. The molecule has 4 aromatic rings. The minimum absolute atomic E-state index is 0.0141. The molecule has 1 fully saturated rings. The maximum absolute atomic E-state index is 13.6. The number of azide groups is 1. The number of benzene rings is 3. The summed E-state index contributed by atoms with van der Waals surface area (Å²) in [5, 5.41) is 10.3. The first kappa shape index (κ1) is 25.2. The van der Waals surface area contributed by atoms with E-state index in [1.54, 1.807) is 0 Å². The summed E-state index contributed by atoms with van der Waals surface area (Å²) in [4.78, 5) is 27.7. The lowest BCUT2D eigenvalue weighted by molar-refractivity contribution is 0.0708. The van der Waals surface area contributed by atoms with Gasteiger partial charge in [-0.3, -0.25) is 4.79 Å². The van der Waals surface area contributed by atoms with Crippen molar-refractivity contribution in [3.63, 3.8) is 0 Å². The van der Waals surface area contributed by atoms with E-state index in [0.717, 1.165) is 32.8 Å². The number of nitrogens with zero attached hydrogens (tertiary/aromatic N) is 4. The monoisotopic (exact) mass is 510 g/mol. The van der Waals surface area contributed by atoms with Gasteiger partial charge in [-0.25, -0.2) is 4.79 Å². The van der Waals surface area contributed by atoms with Crippen molar-refractivity contribution in [3.05, 3.63) is 94.0 Å². The molecule has 1 aromatic heterocycles. The molecule has 0 saturated heterocycles. The van der Waals surface area contributed by atoms with E-state index >= 15 is 0 Å². The first-order chi connectivity index (χ1) is 18.4. The second-order valence-corrected chi connectivity index (χ2v) is 9.84. The molecule has 1 unspecified atom stereocenters. The molecule has 9 heteroatoms. The van der Waals surface area contributed by atoms with Crippen molar-refractivity contribution in [2.45, 2.75) is 57.3 Å². The number of nitrogens with two attached hydrogens (primary N) is 1. The fraction of sp³-hybridized carbons (Fsp3) is 0.310. The summed E-state index contributed by atoms with van der Waals surface area (Å²) in [6.45, 7) is 2.36. The number of ether oxygens (including phenoxy) is 1. The SMILES string of the molecule is CC(N=[N+]=[N-])c1ccc2cc(C(=O)N[C@H]3CC[C@H](OC(N)=O)CC3)n(Cc3cccc4ccccc34)c2c1. The highest BCUT2D eigenvalue weighted by Crippen LogP contribution is 2.29. The topological polar surface area (TPSA) is 135 Å². The van der Waals surface area contributed by atoms with Crippen molar-refractivity contribution < 1.29 is 14.3 Å². The number of primary amides is 1. The van der Waals surface area contributed by atoms with Crippen molar-refractivity contribution in [1.82, 2.24) is 9.88 Å². The molecule has 5 rings (SSSR count). The molecule has 3 N–H and O–H groups in total. The summed E-state index contributed by atoms with van der Waals surface area (Å²) >= 11 is 0. The second-order valence-electron chi connectivity index (χ2n) is 9.84. The fourth-order valence-electron chi connectivity index (χ4n) is 5.38. The van der Waals surface area contributed by atoms with Crippen molar-refractivity contribution in [1.29, 1.82) is 0 Å². The number of aromatic nitrogens is 1. The van der Waals surface area contributed by atoms with E-state index in [0.29, 0.717) is 37.9 Å². The number of carbonyl (C=O) groups excluding carboxylic acids is 2. The second kappa shape index (κ2) is 10.9. The average molecular weight is 511 g/mol. The normalized spacial score (nSPS) is 18.0. The van der Waals surface area contributed by atoms with Crippen molar-refractivity contribution in [2.24, 2.45) is 10.8 Å². The molecule has 3 aromatic carbocycles. The van der Waals surface area contributed by atoms with Crippen LogP contribution in [0, 0.1) is 0 Å². The number of hydrogen-bond acceptors (Lipinski definition) is 4. The van der Waals surface area contributed by atoms with E-state index in [9.17, 15) is 9.59 Å². The predicted octanol–water partition coefficient (Wildman–Crippen LogP) is 6.35. The zero-order valence-corrected chi connectivity index (χ0v) is 21.2. The summed E-state index contributed by atoms with van der Waals surface area (Å²) in [5.41, 5.74) is 17.5. The third-order valence-electron chi connectivity index (χ3n) is 7.37. The Labute approximate surface area is 220 Å². The van der Waals surface area contributed by atoms with Crippen LogP contribution in [0.3, 0.4) is 0 Å². The third-order valence-corrected chi connectivity index (χ3v) is 7.37. The van der Waals surface area contributed by atoms with Gasteiger partial charge in [-0.15, -0.1) is 0 Å². The number of rotatable bonds is 7. The van der Waals surface area contributed by atoms with Crippen LogP contribution in [0.5, 0.6) is 0 Å². The Bertz CT molecular complexity index is 1540. The molecular weight excluding hydrogens is 480 g/mol. The minimum Gasteiger partial charge on any atom is -0.446 e. The van der Waals surface area contributed by atoms with Crippen molar-refractivity contribution >= 4 is 33.7 Å². The van der Waals surface area contributed by atoms with Crippen LogP contribution in [-0.4, -0.2) is 28.7 Å². The van der Waals surface area contributed by atoms with Gasteiger partial charge in [0.25, 0.3) is 5.91 Å². The zero-order chi connectivity index (χ0) is 26.6. The highest BCUT2D eigenvalue weighted by molar-refractivity contribution is 5.99. The Morgan fingerprint density at radius 2 is 1.84 bits per heavy atom. The number of hydrogen-bond donors (Lipinski definition) is 2. The molecule has 1 heterocycles. The Morgan fingerprint density at radius 3 is 2.61 bits per heavy atom. The average Bonchev–Trinajstić information content (AvgIpc) is 3.27. The van der Waals surface area contributed by atoms with Gasteiger partial charge >= 0.3 is 6.09 Å². The third kappa shape index (κ3) is 5.28. The van der Waals surface area contributed by atoms with E-state index in [1.165, 1.54) is 0 Å². The van der Waals surface area contributed by atoms with E-state index in [4.69, 9.17) is 16.0 Å². The van der Waals surface area contributed by atoms with Gasteiger partial charge in [0, 0.05) is 28.4 Å². The zero-order valence-electron chi connectivity index (χ0n) is 21.2. The molecule has 1 aliphatic rings. The van der Waals surface area contributed by atoms with Crippen LogP contribution in [0.1, 0.15) is 60.3 Å². The number of fused-ring (bicyclic) bond motifs is 2. The van der Waals surface area contributed by atoms with Crippen LogP contribution in [0.2, 0.25) is 0 Å². The summed E-state index contributed by atoms with van der Waals surface area (Å²) in [6.07, 6.45) is 1.78. The lowest BCUT2D eigenvalue weighted by Gasteiger charge is -2.28. The predicted molar refractivity (Wildman–Crippen MR) is 147 cm³/mol. The minimum atomic E-state index is -0.760. The van der Waals surface area contributed by atoms with E-state index in [-0.39, 0.29) is 24.1 Å². The first-order valence-corrected chi connectivity index (χ1v) is 12.8. The number of carbonyl (C=O) groups is 2. The molecule has 1 saturated carbocycles. The number of amides is 2. The van der Waals surface area contributed by atoms with E-state index in [2.05, 4.69) is 39.6 Å². The van der Waals surface area contributed by atoms with Crippen LogP contribution < -0.4 is 11.1 Å². The van der Waals surface area contributed by atoms with Gasteiger partial charge in [-0.2, -0.15) is 0 Å². The summed E-state index contributed by atoms with van der Waals surface area (Å²) in [5.74, 6) is -0.148. The van der Waals surface area contributed by atoms with Crippen LogP contribution in [0.25, 0.3) is 32.1 Å². The van der Waals surface area contributed by atoms with Gasteiger partial charge in [0.1, 0.15) is 11.8 Å². The summed E-state index contributed by atoms with van der Waals surface area (Å²) in [6, 6.07) is 21.9. The Morgan fingerprint density at radius 1 is 1.08 bits per heavy atom. The van der Waals surface area contributed by atoms with Crippen molar-refractivity contribution in [2.75, 3.05) is 0 Å². The van der Waals surface area contributed by atoms with Gasteiger partial charge in [0.2, 0.25) is 0 Å². The molecule has 194 valence electrons. The molecule has 0 bridgehead atoms. The summed E-state index contributed by atoms with van der Waals surface area (Å²) < 4.78 is 7.17. The molecule has 0 radical (unpaired) electrons. The van der Waals surface area contributed by atoms with Crippen LogP contribution in [-0.2, 0) is 11.3 Å². The smallest absolute Gasteiger partial charge is 0.404 e. The van der Waals surface area contributed by atoms with Gasteiger partial charge in [-0.05, 0) is 65.2 Å². The molecule has 9 nitrogen and oxygen atoms in total. The lowest BCUT2D eigenvalue weighted by atomic mass is 9.93. The lowest BCUT2D eigenvalue weighted by Crippen LogP contribution is -2.40. The van der Waals surface area contributed by atoms with E-state index in [1.807, 2.05) is 54.0 Å². The highest BCUT2D eigenvalue weighted by atomic mass is 16.6. The van der Waals surface area contributed by atoms with Crippen LogP contribution in [0.4, 0.5) is 4.79 Å². The standard InChI is InChI=1S/C29H30N6O3/c1-18(33-34-31)20-9-10-21-16-27(28(36)32-23-11-13-24(14-12-23)38-29(30)37)35(26(21)15-20)17-22-7-4-6-19-5-2-3-8-25(19)22/h2-10,15-16,18,23-24H,11-14,17H2,1H3,(H2,30,37)(H,32,36)/t18?,23-,24-. The maximum Gasteiger partial charge on any atom is 0.404 e. The summed E-state index contributed by atoms with van der Waals surface area (Å²) in [7, 11) is 0. The molecule has 0 spiro atoms. The van der Waals surface area contributed by atoms with Crippen molar-refractivity contribution in [3.8, 4) is 0 Å². The van der Waals surface area contributed by atoms with E-state index < -0.39 is 6.09 Å². The quantitative estimate of drug-likeness (QED) is 0.170. The molecule has 38 heavy (non-hydrogen) atoms. The molecular formula is C29H30N6O3. The van der Waals surface area contributed by atoms with Gasteiger partial charge in [0.15, 0.2) is 0 Å². The van der Waals surface area contributed by atoms with Gasteiger partial charge in [-0.1, -0.05) is 66.6 Å². The Hall–Kier alpha value is -4.49. The maximum atomic E-state index is 13.6.